The number of rotatable bonds is 6. The molecule has 0 fully saturated rings. The fourth-order valence-corrected chi connectivity index (χ4v) is 3.94. The molecule has 1 aliphatic rings. The predicted molar refractivity (Wildman–Crippen MR) is 101 cm³/mol. The van der Waals surface area contributed by atoms with Crippen LogP contribution in [0.3, 0.4) is 0 Å². The van der Waals surface area contributed by atoms with Crippen LogP contribution in [-0.2, 0) is 11.3 Å². The van der Waals surface area contributed by atoms with E-state index in [1.807, 2.05) is 0 Å². The Hall–Kier alpha value is -3.23. The summed E-state index contributed by atoms with van der Waals surface area (Å²) in [5, 5.41) is 13.0. The van der Waals surface area contributed by atoms with Crippen LogP contribution >= 0.6 is 11.3 Å². The predicted octanol–water partition coefficient (Wildman–Crippen LogP) is 2.34. The van der Waals surface area contributed by atoms with Crippen LogP contribution in [0.25, 0.3) is 0 Å². The third kappa shape index (κ3) is 3.35. The number of nitrogens with zero attached hydrogens (tertiary/aromatic N) is 1. The molecule has 7 nitrogen and oxygen atoms in total. The van der Waals surface area contributed by atoms with Crippen LogP contribution < -0.4 is 5.32 Å². The average molecular weight is 396 g/mol. The van der Waals surface area contributed by atoms with Crippen LogP contribution in [0.15, 0.2) is 59.2 Å². The first-order valence-electron chi connectivity index (χ1n) is 8.56. The van der Waals surface area contributed by atoms with Gasteiger partial charge >= 0.3 is 0 Å². The zero-order valence-corrected chi connectivity index (χ0v) is 15.4. The highest BCUT2D eigenvalue weighted by Crippen LogP contribution is 2.28. The number of hydrogen-bond acceptors (Lipinski definition) is 6. The minimum atomic E-state index is -0.859. The first-order chi connectivity index (χ1) is 13.5. The highest BCUT2D eigenvalue weighted by atomic mass is 32.1. The molecular weight excluding hydrogens is 380 g/mol. The second-order valence-corrected chi connectivity index (χ2v) is 7.44. The van der Waals surface area contributed by atoms with E-state index in [1.165, 1.54) is 17.6 Å². The van der Waals surface area contributed by atoms with E-state index in [-0.39, 0.29) is 13.1 Å². The van der Waals surface area contributed by atoms with Crippen LogP contribution in [0.2, 0.25) is 0 Å². The summed E-state index contributed by atoms with van der Waals surface area (Å²) in [5.41, 5.74) is 0.630. The van der Waals surface area contributed by atoms with Gasteiger partial charge in [0.2, 0.25) is 5.91 Å². The van der Waals surface area contributed by atoms with Gasteiger partial charge in [0.1, 0.15) is 18.4 Å². The fourth-order valence-electron chi connectivity index (χ4n) is 2.99. The molecule has 0 saturated carbocycles. The van der Waals surface area contributed by atoms with Gasteiger partial charge in [-0.15, -0.1) is 11.3 Å². The Morgan fingerprint density at radius 2 is 1.79 bits per heavy atom. The molecule has 0 radical (unpaired) electrons. The number of carbonyl (C=O) groups excluding carboxylic acids is 3. The van der Waals surface area contributed by atoms with Gasteiger partial charge in [-0.2, -0.15) is 0 Å². The molecule has 2 aromatic heterocycles. The lowest BCUT2D eigenvalue weighted by molar-refractivity contribution is -0.121. The molecule has 1 aliphatic heterocycles. The van der Waals surface area contributed by atoms with Gasteiger partial charge in [-0.1, -0.05) is 12.1 Å². The Balaban J connectivity index is 1.35. The minimum absolute atomic E-state index is 0.234. The van der Waals surface area contributed by atoms with E-state index in [4.69, 9.17) is 4.42 Å². The number of nitrogens with one attached hydrogen (secondary N) is 1. The molecule has 0 saturated heterocycles. The van der Waals surface area contributed by atoms with Crippen molar-refractivity contribution in [2.24, 2.45) is 0 Å². The van der Waals surface area contributed by atoms with E-state index in [1.54, 1.807) is 48.5 Å². The lowest BCUT2D eigenvalue weighted by Gasteiger charge is -2.13. The summed E-state index contributed by atoms with van der Waals surface area (Å²) in [6.07, 6.45) is 0.634. The fraction of sp³-hybridized carbons (Fsp3) is 0.150. The van der Waals surface area contributed by atoms with Crippen molar-refractivity contribution in [3.05, 3.63) is 81.4 Å². The Bertz CT molecular complexity index is 1010. The number of furan rings is 1. The molecule has 1 unspecified atom stereocenters. The van der Waals surface area contributed by atoms with Crippen molar-refractivity contribution in [2.45, 2.75) is 12.6 Å². The summed E-state index contributed by atoms with van der Waals surface area (Å²) in [6.45, 7) is -0.100. The van der Waals surface area contributed by atoms with Gasteiger partial charge < -0.3 is 14.8 Å². The Morgan fingerprint density at radius 3 is 2.43 bits per heavy atom. The quantitative estimate of drug-likeness (QED) is 0.623. The van der Waals surface area contributed by atoms with E-state index in [2.05, 4.69) is 5.32 Å². The molecule has 0 spiro atoms. The van der Waals surface area contributed by atoms with E-state index in [0.717, 1.165) is 9.78 Å². The van der Waals surface area contributed by atoms with E-state index >= 15 is 0 Å². The van der Waals surface area contributed by atoms with Gasteiger partial charge in [0.25, 0.3) is 11.8 Å². The number of thiophene rings is 1. The summed E-state index contributed by atoms with van der Waals surface area (Å²) in [5.74, 6) is -0.912. The summed E-state index contributed by atoms with van der Waals surface area (Å²) in [6, 6.07) is 13.5. The van der Waals surface area contributed by atoms with Crippen molar-refractivity contribution in [3.8, 4) is 0 Å². The second-order valence-electron chi connectivity index (χ2n) is 6.24. The van der Waals surface area contributed by atoms with Gasteiger partial charge in [0.05, 0.1) is 23.9 Å². The summed E-state index contributed by atoms with van der Waals surface area (Å²) in [4.78, 5) is 39.3. The van der Waals surface area contributed by atoms with Crippen LogP contribution in [0, 0.1) is 0 Å². The van der Waals surface area contributed by atoms with Crippen LogP contribution in [0.1, 0.15) is 42.3 Å². The van der Waals surface area contributed by atoms with Crippen molar-refractivity contribution in [3.63, 3.8) is 0 Å². The van der Waals surface area contributed by atoms with E-state index < -0.39 is 23.8 Å². The smallest absolute Gasteiger partial charge is 0.262 e. The number of aliphatic hydroxyl groups is 1. The second kappa shape index (κ2) is 7.41. The van der Waals surface area contributed by atoms with Gasteiger partial charge in [-0.05, 0) is 36.4 Å². The van der Waals surface area contributed by atoms with Crippen molar-refractivity contribution in [1.29, 1.82) is 0 Å². The standard InChI is InChI=1S/C20H16N2O5S/c23-17(11-22-19(25)13-4-1-2-5-14(13)20(22)26)21-10-12-7-8-16(28-12)18(24)15-6-3-9-27-15/h1-9,18,24H,10-11H2,(H,21,23). The molecule has 1 atom stereocenters. The van der Waals surface area contributed by atoms with Crippen molar-refractivity contribution < 1.29 is 23.9 Å². The molecular formula is C20H16N2O5S. The average Bonchev–Trinajstić information content (AvgIpc) is 3.44. The Morgan fingerprint density at radius 1 is 1.07 bits per heavy atom. The van der Waals surface area contributed by atoms with Crippen molar-refractivity contribution >= 4 is 29.1 Å². The number of benzene rings is 1. The monoisotopic (exact) mass is 396 g/mol. The molecule has 3 aromatic rings. The summed E-state index contributed by atoms with van der Waals surface area (Å²) >= 11 is 1.34. The number of hydrogen-bond donors (Lipinski definition) is 2. The highest BCUT2D eigenvalue weighted by Gasteiger charge is 2.36. The number of fused-ring (bicyclic) bond motifs is 1. The number of imide groups is 1. The van der Waals surface area contributed by atoms with E-state index in [9.17, 15) is 19.5 Å². The highest BCUT2D eigenvalue weighted by molar-refractivity contribution is 7.12. The van der Waals surface area contributed by atoms with Gasteiger partial charge in [0, 0.05) is 9.75 Å². The maximum atomic E-state index is 12.3. The molecule has 0 aliphatic carbocycles. The third-order valence-corrected chi connectivity index (χ3v) is 5.54. The van der Waals surface area contributed by atoms with Crippen LogP contribution in [-0.4, -0.2) is 34.3 Å². The molecule has 3 heterocycles. The molecule has 142 valence electrons. The first-order valence-corrected chi connectivity index (χ1v) is 9.38. The molecule has 3 amide bonds. The van der Waals surface area contributed by atoms with Crippen LogP contribution in [0.4, 0.5) is 0 Å². The number of aliphatic hydroxyl groups excluding tert-OH is 1. The largest absolute Gasteiger partial charge is 0.466 e. The Labute approximate surface area is 164 Å². The molecule has 8 heteroatoms. The molecule has 2 N–H and O–H groups in total. The topological polar surface area (TPSA) is 99.9 Å². The minimum Gasteiger partial charge on any atom is -0.466 e. The van der Waals surface area contributed by atoms with Crippen molar-refractivity contribution in [1.82, 2.24) is 10.2 Å². The Kier molecular flexibility index (Phi) is 4.81. The molecule has 1 aromatic carbocycles. The zero-order chi connectivity index (χ0) is 19.7. The van der Waals surface area contributed by atoms with Gasteiger partial charge in [0.15, 0.2) is 0 Å². The lowest BCUT2D eigenvalue weighted by atomic mass is 10.1. The maximum Gasteiger partial charge on any atom is 0.262 e. The van der Waals surface area contributed by atoms with Crippen LogP contribution in [0.5, 0.6) is 0 Å². The lowest BCUT2D eigenvalue weighted by Crippen LogP contribution is -2.40. The molecule has 4 rings (SSSR count). The summed E-state index contributed by atoms with van der Waals surface area (Å²) in [7, 11) is 0. The summed E-state index contributed by atoms with van der Waals surface area (Å²) < 4.78 is 5.20. The zero-order valence-electron chi connectivity index (χ0n) is 14.6. The SMILES string of the molecule is O=C(CN1C(=O)c2ccccc2C1=O)NCc1ccc(C(O)c2ccco2)s1. The number of carbonyl (C=O) groups is 3. The van der Waals surface area contributed by atoms with E-state index in [0.29, 0.717) is 21.8 Å². The number of amides is 3. The van der Waals surface area contributed by atoms with Crippen molar-refractivity contribution in [2.75, 3.05) is 6.54 Å². The molecule has 28 heavy (non-hydrogen) atoms. The van der Waals surface area contributed by atoms with Gasteiger partial charge in [-0.25, -0.2) is 0 Å². The van der Waals surface area contributed by atoms with Gasteiger partial charge in [-0.3, -0.25) is 19.3 Å². The normalized spacial score (nSPS) is 14.2. The molecule has 0 bridgehead atoms. The maximum absolute atomic E-state index is 12.3. The first kappa shape index (κ1) is 18.1. The third-order valence-electron chi connectivity index (χ3n) is 4.40.